The zero-order chi connectivity index (χ0) is 20.6. The second-order valence-corrected chi connectivity index (χ2v) is 7.92. The van der Waals surface area contributed by atoms with Gasteiger partial charge < -0.3 is 4.74 Å². The lowest BCUT2D eigenvalue weighted by Crippen LogP contribution is -2.07. The molecule has 3 aromatic rings. The maximum Gasteiger partial charge on any atom is 0.337 e. The summed E-state index contributed by atoms with van der Waals surface area (Å²) in [5, 5.41) is 11.0. The van der Waals surface area contributed by atoms with Crippen LogP contribution in [0.25, 0.3) is 6.08 Å². The highest BCUT2D eigenvalue weighted by molar-refractivity contribution is 8.00. The van der Waals surface area contributed by atoms with E-state index in [0.717, 1.165) is 5.56 Å². The third kappa shape index (κ3) is 6.23. The van der Waals surface area contributed by atoms with E-state index >= 15 is 0 Å². The highest BCUT2D eigenvalue weighted by Gasteiger charge is 2.08. The second kappa shape index (κ2) is 9.94. The number of nitrogens with zero attached hydrogens (tertiary/aromatic N) is 2. The van der Waals surface area contributed by atoms with Gasteiger partial charge in [0.15, 0.2) is 4.34 Å². The van der Waals surface area contributed by atoms with Crippen LogP contribution in [-0.4, -0.2) is 29.2 Å². The van der Waals surface area contributed by atoms with Crippen LogP contribution in [0.5, 0.6) is 0 Å². The van der Waals surface area contributed by atoms with Crippen molar-refractivity contribution in [2.24, 2.45) is 0 Å². The van der Waals surface area contributed by atoms with Gasteiger partial charge in [-0.05, 0) is 41.5 Å². The molecule has 1 heterocycles. The van der Waals surface area contributed by atoms with E-state index in [4.69, 9.17) is 0 Å². The van der Waals surface area contributed by atoms with Crippen molar-refractivity contribution in [1.29, 1.82) is 0 Å². The summed E-state index contributed by atoms with van der Waals surface area (Å²) in [5.41, 5.74) is 2.23. The topological polar surface area (TPSA) is 81.2 Å². The van der Waals surface area contributed by atoms with Gasteiger partial charge in [-0.3, -0.25) is 10.1 Å². The van der Waals surface area contributed by atoms with Crippen molar-refractivity contribution >= 4 is 46.2 Å². The average molecular weight is 429 g/mol. The van der Waals surface area contributed by atoms with E-state index in [9.17, 15) is 14.0 Å². The summed E-state index contributed by atoms with van der Waals surface area (Å²) in [6.07, 6.45) is 2.94. The van der Waals surface area contributed by atoms with Crippen LogP contribution >= 0.6 is 23.1 Å². The van der Waals surface area contributed by atoms with E-state index in [0.29, 0.717) is 26.4 Å². The van der Waals surface area contributed by atoms with Crippen LogP contribution in [0.15, 0.2) is 58.9 Å². The Labute approximate surface area is 174 Å². The summed E-state index contributed by atoms with van der Waals surface area (Å²) in [4.78, 5) is 23.4. The molecule has 1 N–H and O–H groups in total. The molecule has 0 aliphatic rings. The maximum atomic E-state index is 12.9. The molecule has 0 unspecified atom stereocenters. The number of nitrogens with one attached hydrogen (secondary N) is 1. The first-order valence-corrected chi connectivity index (χ1v) is 10.2. The Bertz CT molecular complexity index is 1020. The fourth-order valence-corrected chi connectivity index (χ4v) is 3.92. The molecule has 0 saturated carbocycles. The molecule has 148 valence electrons. The second-order valence-electron chi connectivity index (χ2n) is 5.72. The summed E-state index contributed by atoms with van der Waals surface area (Å²) in [6.45, 7) is 0. The number of hydrogen-bond donors (Lipinski definition) is 1. The summed E-state index contributed by atoms with van der Waals surface area (Å²) in [7, 11) is 1.34. The molecule has 0 aliphatic carbocycles. The highest BCUT2D eigenvalue weighted by Crippen LogP contribution is 2.28. The Morgan fingerprint density at radius 2 is 1.86 bits per heavy atom. The predicted octanol–water partition coefficient (Wildman–Crippen LogP) is 4.41. The van der Waals surface area contributed by atoms with Crippen molar-refractivity contribution in [2.45, 2.75) is 10.1 Å². The van der Waals surface area contributed by atoms with Crippen molar-refractivity contribution in [3.63, 3.8) is 0 Å². The van der Waals surface area contributed by atoms with Crippen molar-refractivity contribution in [2.75, 3.05) is 12.4 Å². The monoisotopic (exact) mass is 429 g/mol. The Morgan fingerprint density at radius 3 is 2.55 bits per heavy atom. The third-order valence-electron chi connectivity index (χ3n) is 3.67. The Hall–Kier alpha value is -3.04. The molecule has 0 bridgehead atoms. The molecule has 0 saturated heterocycles. The van der Waals surface area contributed by atoms with Gasteiger partial charge in [0.25, 0.3) is 0 Å². The Kier molecular flexibility index (Phi) is 7.09. The van der Waals surface area contributed by atoms with Crippen LogP contribution in [0.4, 0.5) is 9.52 Å². The van der Waals surface area contributed by atoms with Crippen LogP contribution in [0.2, 0.25) is 0 Å². The van der Waals surface area contributed by atoms with Gasteiger partial charge in [-0.1, -0.05) is 47.4 Å². The highest BCUT2D eigenvalue weighted by atomic mass is 32.2. The van der Waals surface area contributed by atoms with E-state index in [1.54, 1.807) is 30.3 Å². The standard InChI is InChI=1S/C20H16FN3O3S2/c1-27-18(26)15-7-2-14(3-8-15)12-28-20-24-23-19(29-20)22-17(25)11-6-13-4-9-16(21)10-5-13/h2-11H,12H2,1H3,(H,22,23,25). The minimum Gasteiger partial charge on any atom is -0.465 e. The van der Waals surface area contributed by atoms with E-state index in [1.807, 2.05) is 12.1 Å². The number of esters is 1. The van der Waals surface area contributed by atoms with Crippen LogP contribution in [0, 0.1) is 5.82 Å². The number of rotatable bonds is 7. The van der Waals surface area contributed by atoms with Gasteiger partial charge in [0.2, 0.25) is 11.0 Å². The number of thioether (sulfide) groups is 1. The summed E-state index contributed by atoms with van der Waals surface area (Å²) in [6, 6.07) is 12.9. The minimum atomic E-state index is -0.373. The summed E-state index contributed by atoms with van der Waals surface area (Å²) >= 11 is 2.74. The minimum absolute atomic E-state index is 0.329. The van der Waals surface area contributed by atoms with Gasteiger partial charge in [0, 0.05) is 11.8 Å². The number of benzene rings is 2. The molecular weight excluding hydrogens is 413 g/mol. The number of halogens is 1. The van der Waals surface area contributed by atoms with E-state index in [1.165, 1.54) is 48.4 Å². The number of amides is 1. The Balaban J connectivity index is 1.50. The fourth-order valence-electron chi connectivity index (χ4n) is 2.21. The van der Waals surface area contributed by atoms with Gasteiger partial charge in [0.1, 0.15) is 5.82 Å². The first kappa shape index (κ1) is 20.7. The lowest BCUT2D eigenvalue weighted by molar-refractivity contribution is -0.111. The molecule has 3 rings (SSSR count). The number of carbonyl (C=O) groups is 2. The molecule has 1 aromatic heterocycles. The average Bonchev–Trinajstić information content (AvgIpc) is 3.19. The van der Waals surface area contributed by atoms with Crippen molar-refractivity contribution in [3.05, 3.63) is 77.1 Å². The normalized spacial score (nSPS) is 10.8. The molecule has 0 spiro atoms. The van der Waals surface area contributed by atoms with Crippen molar-refractivity contribution < 1.29 is 18.7 Å². The largest absolute Gasteiger partial charge is 0.465 e. The van der Waals surface area contributed by atoms with E-state index < -0.39 is 0 Å². The van der Waals surface area contributed by atoms with Gasteiger partial charge in [-0.25, -0.2) is 9.18 Å². The number of hydrogen-bond acceptors (Lipinski definition) is 7. The van der Waals surface area contributed by atoms with Crippen LogP contribution in [0.3, 0.4) is 0 Å². The zero-order valence-corrected chi connectivity index (χ0v) is 16.9. The molecule has 29 heavy (non-hydrogen) atoms. The quantitative estimate of drug-likeness (QED) is 0.259. The molecular formula is C20H16FN3O3S2. The van der Waals surface area contributed by atoms with Gasteiger partial charge in [-0.15, -0.1) is 10.2 Å². The van der Waals surface area contributed by atoms with Gasteiger partial charge >= 0.3 is 5.97 Å². The molecule has 0 fully saturated rings. The zero-order valence-electron chi connectivity index (χ0n) is 15.3. The third-order valence-corrected chi connectivity index (χ3v) is 5.71. The summed E-state index contributed by atoms with van der Waals surface area (Å²) in [5.74, 6) is -0.401. The lowest BCUT2D eigenvalue weighted by Gasteiger charge is -2.01. The molecule has 0 atom stereocenters. The van der Waals surface area contributed by atoms with Crippen LogP contribution in [-0.2, 0) is 15.3 Å². The molecule has 0 radical (unpaired) electrons. The number of aromatic nitrogens is 2. The first-order chi connectivity index (χ1) is 14.0. The number of ether oxygens (including phenoxy) is 1. The van der Waals surface area contributed by atoms with Gasteiger partial charge in [0.05, 0.1) is 12.7 Å². The Morgan fingerprint density at radius 1 is 1.14 bits per heavy atom. The molecule has 9 heteroatoms. The van der Waals surface area contributed by atoms with Crippen LogP contribution < -0.4 is 5.32 Å². The molecule has 2 aromatic carbocycles. The van der Waals surface area contributed by atoms with E-state index in [2.05, 4.69) is 20.3 Å². The lowest BCUT2D eigenvalue weighted by atomic mass is 10.1. The smallest absolute Gasteiger partial charge is 0.337 e. The maximum absolute atomic E-state index is 12.9. The molecule has 0 aliphatic heterocycles. The van der Waals surface area contributed by atoms with Crippen LogP contribution in [0.1, 0.15) is 21.5 Å². The summed E-state index contributed by atoms with van der Waals surface area (Å²) < 4.78 is 18.3. The predicted molar refractivity (Wildman–Crippen MR) is 111 cm³/mol. The molecule has 6 nitrogen and oxygen atoms in total. The molecule has 1 amide bonds. The first-order valence-electron chi connectivity index (χ1n) is 8.41. The van der Waals surface area contributed by atoms with Crippen molar-refractivity contribution in [3.8, 4) is 0 Å². The number of anilines is 1. The number of methoxy groups -OCH3 is 1. The number of carbonyl (C=O) groups excluding carboxylic acids is 2. The van der Waals surface area contributed by atoms with Gasteiger partial charge in [-0.2, -0.15) is 0 Å². The SMILES string of the molecule is COC(=O)c1ccc(CSc2nnc(NC(=O)C=Cc3ccc(F)cc3)s2)cc1. The van der Waals surface area contributed by atoms with E-state index in [-0.39, 0.29) is 17.7 Å². The van der Waals surface area contributed by atoms with Crippen molar-refractivity contribution in [1.82, 2.24) is 10.2 Å². The fraction of sp³-hybridized carbons (Fsp3) is 0.100.